The fraction of sp³-hybridized carbons (Fsp3) is 0.562. The van der Waals surface area contributed by atoms with Crippen LogP contribution in [0.4, 0.5) is 0 Å². The molecule has 1 aromatic carbocycles. The Labute approximate surface area is 141 Å². The summed E-state index contributed by atoms with van der Waals surface area (Å²) < 4.78 is 30.0. The van der Waals surface area contributed by atoms with Gasteiger partial charge in [0, 0.05) is 38.6 Å². The normalized spacial score (nSPS) is 28.0. The number of hydrogen-bond donors (Lipinski definition) is 1. The summed E-state index contributed by atoms with van der Waals surface area (Å²) in [6, 6.07) is 7.68. The second-order valence-electron chi connectivity index (χ2n) is 6.73. The predicted octanol–water partition coefficient (Wildman–Crippen LogP) is 0.473. The van der Waals surface area contributed by atoms with Gasteiger partial charge in [-0.25, -0.2) is 12.7 Å². The monoisotopic (exact) mass is 354 g/mol. The highest BCUT2D eigenvalue weighted by atomic mass is 32.2. The van der Waals surface area contributed by atoms with Crippen LogP contribution in [0.3, 0.4) is 0 Å². The van der Waals surface area contributed by atoms with Gasteiger partial charge in [-0.2, -0.15) is 0 Å². The Hall–Kier alpha value is -1.64. The first-order valence-electron chi connectivity index (χ1n) is 7.78. The molecule has 7 nitrogen and oxygen atoms in total. The van der Waals surface area contributed by atoms with E-state index in [2.05, 4.69) is 4.90 Å². The smallest absolute Gasteiger partial charge is 0.312 e. The van der Waals surface area contributed by atoms with Gasteiger partial charge in [-0.05, 0) is 17.7 Å². The minimum atomic E-state index is -3.36. The van der Waals surface area contributed by atoms with E-state index in [-0.39, 0.29) is 19.0 Å². The van der Waals surface area contributed by atoms with Crippen molar-refractivity contribution >= 4 is 16.0 Å². The predicted molar refractivity (Wildman–Crippen MR) is 88.2 cm³/mol. The lowest BCUT2D eigenvalue weighted by Gasteiger charge is -2.24. The van der Waals surface area contributed by atoms with Crippen molar-refractivity contribution in [1.29, 1.82) is 0 Å². The lowest BCUT2D eigenvalue weighted by atomic mass is 9.81. The second kappa shape index (κ2) is 6.02. The minimum absolute atomic E-state index is 0.0605. The summed E-state index contributed by atoms with van der Waals surface area (Å²) in [5.41, 5.74) is 0.0755. The third-order valence-electron chi connectivity index (χ3n) is 5.11. The van der Waals surface area contributed by atoms with Crippen molar-refractivity contribution in [3.63, 3.8) is 0 Å². The van der Waals surface area contributed by atoms with Crippen molar-refractivity contribution in [2.75, 3.05) is 39.5 Å². The summed E-state index contributed by atoms with van der Waals surface area (Å²) >= 11 is 0. The molecule has 0 spiro atoms. The first kappa shape index (κ1) is 17.2. The van der Waals surface area contributed by atoms with E-state index in [4.69, 9.17) is 4.74 Å². The number of rotatable bonds is 5. The number of carboxylic acids is 1. The molecule has 8 heteroatoms. The summed E-state index contributed by atoms with van der Waals surface area (Å²) in [5.74, 6) is -0.304. The molecule has 0 aromatic heterocycles. The van der Waals surface area contributed by atoms with E-state index in [1.54, 1.807) is 7.11 Å². The lowest BCUT2D eigenvalue weighted by Crippen LogP contribution is -2.41. The number of carbonyl (C=O) groups is 1. The van der Waals surface area contributed by atoms with Gasteiger partial charge in [0.05, 0.1) is 18.8 Å². The molecule has 1 aromatic rings. The molecule has 2 fully saturated rings. The molecule has 132 valence electrons. The zero-order valence-corrected chi connectivity index (χ0v) is 14.6. The first-order valence-corrected chi connectivity index (χ1v) is 9.63. The molecule has 0 saturated carbocycles. The molecule has 0 aliphatic carbocycles. The van der Waals surface area contributed by atoms with E-state index in [9.17, 15) is 18.3 Å². The lowest BCUT2D eigenvalue weighted by molar-refractivity contribution is -0.148. The highest BCUT2D eigenvalue weighted by molar-refractivity contribution is 7.88. The molecular weight excluding hydrogens is 332 g/mol. The van der Waals surface area contributed by atoms with Gasteiger partial charge in [0.2, 0.25) is 10.0 Å². The number of nitrogens with zero attached hydrogens (tertiary/aromatic N) is 2. The Kier molecular flexibility index (Phi) is 4.31. The van der Waals surface area contributed by atoms with Gasteiger partial charge in [0.1, 0.15) is 5.75 Å². The summed E-state index contributed by atoms with van der Waals surface area (Å²) in [5, 5.41) is 9.75. The van der Waals surface area contributed by atoms with Gasteiger partial charge in [0.25, 0.3) is 0 Å². The van der Waals surface area contributed by atoms with Gasteiger partial charge in [0.15, 0.2) is 0 Å². The fourth-order valence-corrected chi connectivity index (χ4v) is 4.70. The number of hydrogen-bond acceptors (Lipinski definition) is 5. The molecule has 2 aliphatic rings. The summed E-state index contributed by atoms with van der Waals surface area (Å²) in [7, 11) is -1.75. The maximum absolute atomic E-state index is 11.9. The first-order chi connectivity index (χ1) is 11.2. The van der Waals surface area contributed by atoms with Crippen LogP contribution in [-0.4, -0.2) is 68.2 Å². The van der Waals surface area contributed by atoms with Crippen LogP contribution in [0.15, 0.2) is 24.3 Å². The Morgan fingerprint density at radius 2 is 1.96 bits per heavy atom. The van der Waals surface area contributed by atoms with E-state index in [0.717, 1.165) is 17.6 Å². The van der Waals surface area contributed by atoms with E-state index in [0.29, 0.717) is 19.6 Å². The maximum atomic E-state index is 11.9. The quantitative estimate of drug-likeness (QED) is 0.827. The molecule has 0 bridgehead atoms. The average Bonchev–Trinajstić information content (AvgIpc) is 3.02. The number of methoxy groups -OCH3 is 1. The Morgan fingerprint density at radius 3 is 2.46 bits per heavy atom. The van der Waals surface area contributed by atoms with Gasteiger partial charge in [-0.1, -0.05) is 12.1 Å². The van der Waals surface area contributed by atoms with Crippen LogP contribution in [0.5, 0.6) is 5.75 Å². The van der Waals surface area contributed by atoms with E-state index in [1.807, 2.05) is 24.3 Å². The molecule has 3 rings (SSSR count). The summed E-state index contributed by atoms with van der Waals surface area (Å²) in [4.78, 5) is 14.0. The number of ether oxygens (including phenoxy) is 1. The number of aliphatic carboxylic acids is 1. The van der Waals surface area contributed by atoms with E-state index < -0.39 is 21.4 Å². The van der Waals surface area contributed by atoms with E-state index >= 15 is 0 Å². The number of sulfonamides is 1. The van der Waals surface area contributed by atoms with Crippen LogP contribution in [0.25, 0.3) is 0 Å². The SMILES string of the molecule is COc1ccc(CN2CC3CN(S(C)(=O)=O)C[C@]3(C(=O)O)C2)cc1. The van der Waals surface area contributed by atoms with Crippen molar-refractivity contribution in [3.05, 3.63) is 29.8 Å². The van der Waals surface area contributed by atoms with Gasteiger partial charge in [-0.15, -0.1) is 0 Å². The largest absolute Gasteiger partial charge is 0.497 e. The van der Waals surface area contributed by atoms with E-state index in [1.165, 1.54) is 4.31 Å². The number of fused-ring (bicyclic) bond motifs is 1. The van der Waals surface area contributed by atoms with Crippen LogP contribution in [0.1, 0.15) is 5.56 Å². The molecule has 1 N–H and O–H groups in total. The van der Waals surface area contributed by atoms with Crippen LogP contribution >= 0.6 is 0 Å². The second-order valence-corrected chi connectivity index (χ2v) is 8.71. The molecule has 2 aliphatic heterocycles. The topological polar surface area (TPSA) is 87.2 Å². The molecule has 2 heterocycles. The maximum Gasteiger partial charge on any atom is 0.312 e. The van der Waals surface area contributed by atoms with Crippen LogP contribution in [0.2, 0.25) is 0 Å². The highest BCUT2D eigenvalue weighted by Gasteiger charge is 2.58. The number of likely N-dealkylation sites (tertiary alicyclic amines) is 1. The van der Waals surface area contributed by atoms with Gasteiger partial charge in [-0.3, -0.25) is 9.69 Å². The Balaban J connectivity index is 1.74. The number of benzene rings is 1. The standard InChI is InChI=1S/C16H22N2O5S/c1-23-14-5-3-12(4-6-14)7-17-8-13-9-18(24(2,21)22)11-16(13,10-17)15(19)20/h3-6,13H,7-11H2,1-2H3,(H,19,20)/t13?,16-/m1/s1. The van der Waals surface area contributed by atoms with Crippen molar-refractivity contribution in [3.8, 4) is 5.75 Å². The third-order valence-corrected chi connectivity index (χ3v) is 6.32. The van der Waals surface area contributed by atoms with Gasteiger partial charge >= 0.3 is 5.97 Å². The molecule has 0 amide bonds. The van der Waals surface area contributed by atoms with Crippen molar-refractivity contribution < 1.29 is 23.1 Å². The molecule has 2 atom stereocenters. The number of carboxylic acid groups (broad SMARTS) is 1. The van der Waals surface area contributed by atoms with Crippen molar-refractivity contribution in [2.45, 2.75) is 6.54 Å². The van der Waals surface area contributed by atoms with Crippen molar-refractivity contribution in [2.24, 2.45) is 11.3 Å². The molecule has 24 heavy (non-hydrogen) atoms. The van der Waals surface area contributed by atoms with Crippen molar-refractivity contribution in [1.82, 2.24) is 9.21 Å². The molecular formula is C16H22N2O5S. The zero-order chi connectivity index (χ0) is 17.5. The fourth-order valence-electron chi connectivity index (χ4n) is 3.79. The van der Waals surface area contributed by atoms with Gasteiger partial charge < -0.3 is 9.84 Å². The molecule has 0 radical (unpaired) electrons. The van der Waals surface area contributed by atoms with Crippen LogP contribution < -0.4 is 4.74 Å². The minimum Gasteiger partial charge on any atom is -0.497 e. The Morgan fingerprint density at radius 1 is 1.29 bits per heavy atom. The Bertz CT molecular complexity index is 733. The summed E-state index contributed by atoms with van der Waals surface area (Å²) in [6.07, 6.45) is 1.14. The summed E-state index contributed by atoms with van der Waals surface area (Å²) in [6.45, 7) is 1.94. The van der Waals surface area contributed by atoms with Crippen LogP contribution in [-0.2, 0) is 21.4 Å². The zero-order valence-electron chi connectivity index (χ0n) is 13.8. The molecule has 2 saturated heterocycles. The third kappa shape index (κ3) is 3.01. The molecule has 1 unspecified atom stereocenters. The average molecular weight is 354 g/mol. The van der Waals surface area contributed by atoms with Crippen LogP contribution in [0, 0.1) is 11.3 Å². The highest BCUT2D eigenvalue weighted by Crippen LogP contribution is 2.44.